The van der Waals surface area contributed by atoms with Crippen molar-refractivity contribution in [3.05, 3.63) is 69.8 Å². The number of H-pyrrole nitrogens is 1. The van der Waals surface area contributed by atoms with Gasteiger partial charge in [0.05, 0.1) is 4.92 Å². The van der Waals surface area contributed by atoms with E-state index in [4.69, 9.17) is 5.73 Å². The van der Waals surface area contributed by atoms with Gasteiger partial charge in [-0.15, -0.1) is 5.10 Å². The van der Waals surface area contributed by atoms with Crippen LogP contribution in [0.5, 0.6) is 0 Å². The van der Waals surface area contributed by atoms with Gasteiger partial charge in [0.1, 0.15) is 0 Å². The van der Waals surface area contributed by atoms with Crippen LogP contribution in [0.2, 0.25) is 0 Å². The van der Waals surface area contributed by atoms with Gasteiger partial charge in [0.15, 0.2) is 0 Å². The maximum Gasteiger partial charge on any atom is 0.271 e. The number of rotatable bonds is 6. The summed E-state index contributed by atoms with van der Waals surface area (Å²) in [5.74, 6) is 0.465. The van der Waals surface area contributed by atoms with Crippen LogP contribution in [0.1, 0.15) is 15.9 Å². The first-order valence-electron chi connectivity index (χ1n) is 7.47. The van der Waals surface area contributed by atoms with Crippen LogP contribution < -0.4 is 11.1 Å². The Morgan fingerprint density at radius 3 is 2.81 bits per heavy atom. The Labute approximate surface area is 152 Å². The Bertz CT molecular complexity index is 958. The Morgan fingerprint density at radius 1 is 1.27 bits per heavy atom. The minimum absolute atomic E-state index is 0.0845. The molecule has 0 spiro atoms. The zero-order chi connectivity index (χ0) is 18.5. The highest BCUT2D eigenvalue weighted by Gasteiger charge is 2.11. The molecule has 3 aromatic rings. The number of aromatic nitrogens is 3. The summed E-state index contributed by atoms with van der Waals surface area (Å²) in [5.41, 5.74) is 7.11. The van der Waals surface area contributed by atoms with Crippen molar-refractivity contribution in [3.8, 4) is 0 Å². The number of non-ortho nitro benzene ring substituents is 1. The quantitative estimate of drug-likeness (QED) is 0.344. The third-order valence-electron chi connectivity index (χ3n) is 3.35. The molecule has 0 unspecified atom stereocenters. The maximum absolute atomic E-state index is 12.4. The molecule has 132 valence electrons. The molecule has 9 nitrogen and oxygen atoms in total. The Hall–Kier alpha value is -3.40. The van der Waals surface area contributed by atoms with Crippen molar-refractivity contribution in [2.75, 3.05) is 11.1 Å². The standard InChI is InChI=1S/C16H14N6O3S/c17-15-19-16(21-20-15)26-9-10-3-1-4-11(7-10)14(23)18-12-5-2-6-13(8-12)22(24)25/h1-8H,9H2,(H,18,23)(H3,17,19,20,21). The van der Waals surface area contributed by atoms with Crippen molar-refractivity contribution in [1.82, 2.24) is 15.2 Å². The first kappa shape index (κ1) is 17.4. The van der Waals surface area contributed by atoms with E-state index >= 15 is 0 Å². The van der Waals surface area contributed by atoms with Crippen molar-refractivity contribution in [2.45, 2.75) is 10.9 Å². The third kappa shape index (κ3) is 4.36. The molecule has 1 heterocycles. The number of nitro benzene ring substituents is 1. The molecule has 1 aromatic heterocycles. The Kier molecular flexibility index (Phi) is 5.13. The van der Waals surface area contributed by atoms with Gasteiger partial charge in [-0.25, -0.2) is 5.10 Å². The monoisotopic (exact) mass is 370 g/mol. The average Bonchev–Trinajstić information content (AvgIpc) is 3.06. The molecule has 0 bridgehead atoms. The summed E-state index contributed by atoms with van der Waals surface area (Å²) in [6.45, 7) is 0. The van der Waals surface area contributed by atoms with Crippen LogP contribution in [-0.2, 0) is 5.75 Å². The molecule has 3 rings (SSSR count). The number of benzene rings is 2. The second-order valence-electron chi connectivity index (χ2n) is 5.25. The highest BCUT2D eigenvalue weighted by molar-refractivity contribution is 7.98. The number of nitro groups is 1. The molecule has 0 aliphatic heterocycles. The summed E-state index contributed by atoms with van der Waals surface area (Å²) in [6.07, 6.45) is 0. The van der Waals surface area contributed by atoms with Crippen molar-refractivity contribution in [1.29, 1.82) is 0 Å². The van der Waals surface area contributed by atoms with Crippen molar-refractivity contribution in [3.63, 3.8) is 0 Å². The molecule has 2 aromatic carbocycles. The fraction of sp³-hybridized carbons (Fsp3) is 0.0625. The molecule has 4 N–H and O–H groups in total. The lowest BCUT2D eigenvalue weighted by Gasteiger charge is -2.07. The van der Waals surface area contributed by atoms with E-state index in [1.54, 1.807) is 24.3 Å². The number of carbonyl (C=O) groups is 1. The maximum atomic E-state index is 12.4. The van der Waals surface area contributed by atoms with E-state index in [1.165, 1.54) is 30.0 Å². The largest absolute Gasteiger partial charge is 0.368 e. The van der Waals surface area contributed by atoms with E-state index in [0.717, 1.165) is 5.56 Å². The highest BCUT2D eigenvalue weighted by atomic mass is 32.2. The number of hydrogen-bond acceptors (Lipinski definition) is 7. The number of nitrogens with one attached hydrogen (secondary N) is 2. The summed E-state index contributed by atoms with van der Waals surface area (Å²) in [6, 6.07) is 12.9. The van der Waals surface area contributed by atoms with E-state index < -0.39 is 4.92 Å². The van der Waals surface area contributed by atoms with Crippen LogP contribution in [0.25, 0.3) is 0 Å². The predicted octanol–water partition coefficient (Wildman–Crippen LogP) is 2.84. The Morgan fingerprint density at radius 2 is 2.08 bits per heavy atom. The fourth-order valence-electron chi connectivity index (χ4n) is 2.17. The molecule has 0 aliphatic rings. The number of thioether (sulfide) groups is 1. The number of nitrogens with zero attached hydrogens (tertiary/aromatic N) is 3. The molecular formula is C16H14N6O3S. The summed E-state index contributed by atoms with van der Waals surface area (Å²) in [5, 5.41) is 20.5. The molecule has 0 atom stereocenters. The number of nitrogen functional groups attached to an aromatic ring is 1. The number of carbonyl (C=O) groups excluding carboxylic acids is 1. The molecule has 0 saturated heterocycles. The second kappa shape index (κ2) is 7.66. The lowest BCUT2D eigenvalue weighted by molar-refractivity contribution is -0.384. The highest BCUT2D eigenvalue weighted by Crippen LogP contribution is 2.21. The molecule has 1 amide bonds. The van der Waals surface area contributed by atoms with E-state index in [2.05, 4.69) is 20.5 Å². The molecule has 0 radical (unpaired) electrons. The summed E-state index contributed by atoms with van der Waals surface area (Å²) in [4.78, 5) is 26.7. The Balaban J connectivity index is 1.68. The molecule has 26 heavy (non-hydrogen) atoms. The molecule has 0 saturated carbocycles. The number of nitrogens with two attached hydrogens (primary N) is 1. The van der Waals surface area contributed by atoms with Crippen LogP contribution >= 0.6 is 11.8 Å². The fourth-order valence-corrected chi connectivity index (χ4v) is 2.92. The van der Waals surface area contributed by atoms with Gasteiger partial charge < -0.3 is 11.1 Å². The van der Waals surface area contributed by atoms with E-state index in [0.29, 0.717) is 22.2 Å². The lowest BCUT2D eigenvalue weighted by atomic mass is 10.1. The van der Waals surface area contributed by atoms with Crippen molar-refractivity contribution >= 4 is 35.0 Å². The van der Waals surface area contributed by atoms with E-state index in [1.807, 2.05) is 6.07 Å². The number of aromatic amines is 1. The van der Waals surface area contributed by atoms with Gasteiger partial charge in [-0.2, -0.15) is 4.98 Å². The third-order valence-corrected chi connectivity index (χ3v) is 4.27. The van der Waals surface area contributed by atoms with Crippen LogP contribution in [0.3, 0.4) is 0 Å². The molecule has 0 fully saturated rings. The number of anilines is 2. The smallest absolute Gasteiger partial charge is 0.271 e. The zero-order valence-electron chi connectivity index (χ0n) is 13.4. The second-order valence-corrected chi connectivity index (χ2v) is 6.20. The van der Waals surface area contributed by atoms with Gasteiger partial charge in [0.2, 0.25) is 11.1 Å². The molecule has 0 aliphatic carbocycles. The number of hydrogen-bond donors (Lipinski definition) is 3. The number of amides is 1. The first-order valence-corrected chi connectivity index (χ1v) is 8.45. The lowest BCUT2D eigenvalue weighted by Crippen LogP contribution is -2.12. The summed E-state index contributed by atoms with van der Waals surface area (Å²) < 4.78 is 0. The molecule has 10 heteroatoms. The van der Waals surface area contributed by atoms with E-state index in [9.17, 15) is 14.9 Å². The van der Waals surface area contributed by atoms with Crippen LogP contribution in [0.4, 0.5) is 17.3 Å². The SMILES string of the molecule is Nc1nc(SCc2cccc(C(=O)Nc3cccc([N+](=O)[O-])c3)c2)n[nH]1. The van der Waals surface area contributed by atoms with Crippen molar-refractivity contribution < 1.29 is 9.72 Å². The normalized spacial score (nSPS) is 10.5. The van der Waals surface area contributed by atoms with Gasteiger partial charge in [0.25, 0.3) is 11.6 Å². The predicted molar refractivity (Wildman–Crippen MR) is 97.8 cm³/mol. The van der Waals surface area contributed by atoms with Crippen LogP contribution in [0.15, 0.2) is 53.7 Å². The van der Waals surface area contributed by atoms with Crippen molar-refractivity contribution in [2.24, 2.45) is 0 Å². The van der Waals surface area contributed by atoms with Gasteiger partial charge in [-0.3, -0.25) is 14.9 Å². The summed E-state index contributed by atoms with van der Waals surface area (Å²) in [7, 11) is 0. The van der Waals surface area contributed by atoms with Gasteiger partial charge in [-0.1, -0.05) is 30.0 Å². The first-order chi connectivity index (χ1) is 12.5. The van der Waals surface area contributed by atoms with Crippen LogP contribution in [-0.4, -0.2) is 26.0 Å². The van der Waals surface area contributed by atoms with E-state index in [-0.39, 0.29) is 17.5 Å². The average molecular weight is 370 g/mol. The minimum atomic E-state index is -0.511. The summed E-state index contributed by atoms with van der Waals surface area (Å²) >= 11 is 1.38. The van der Waals surface area contributed by atoms with Gasteiger partial charge >= 0.3 is 0 Å². The zero-order valence-corrected chi connectivity index (χ0v) is 14.2. The molecular weight excluding hydrogens is 356 g/mol. The van der Waals surface area contributed by atoms with Gasteiger partial charge in [0, 0.05) is 29.1 Å². The van der Waals surface area contributed by atoms with Gasteiger partial charge in [-0.05, 0) is 23.8 Å². The minimum Gasteiger partial charge on any atom is -0.368 e. The topological polar surface area (TPSA) is 140 Å². The van der Waals surface area contributed by atoms with Crippen LogP contribution in [0, 0.1) is 10.1 Å².